The average Bonchev–Trinajstić information content (AvgIpc) is 3.18. The molecule has 31 heavy (non-hydrogen) atoms. The van der Waals surface area contributed by atoms with Crippen molar-refractivity contribution in [3.63, 3.8) is 0 Å². The largest absolute Gasteiger partial charge is 0.486 e. The van der Waals surface area contributed by atoms with E-state index >= 15 is 0 Å². The Kier molecular flexibility index (Phi) is 8.97. The van der Waals surface area contributed by atoms with Crippen molar-refractivity contribution in [2.75, 3.05) is 12.3 Å². The van der Waals surface area contributed by atoms with Crippen molar-refractivity contribution in [3.05, 3.63) is 72.1 Å². The molecule has 7 heteroatoms. The van der Waals surface area contributed by atoms with Gasteiger partial charge in [0.2, 0.25) is 5.91 Å². The number of carbonyl (C=O) groups excluding carboxylic acids is 1. The number of ether oxygens (including phenoxy) is 1. The first kappa shape index (κ1) is 22.9. The third kappa shape index (κ3) is 7.75. The Morgan fingerprint density at radius 3 is 2.48 bits per heavy atom. The lowest BCUT2D eigenvalue weighted by atomic mass is 10.1. The molecule has 164 valence electrons. The smallest absolute Gasteiger partial charge is 0.230 e. The Labute approximate surface area is 188 Å². The molecule has 0 aliphatic carbocycles. The number of rotatable bonds is 12. The minimum Gasteiger partial charge on any atom is -0.486 e. The van der Waals surface area contributed by atoms with Crippen LogP contribution in [-0.4, -0.2) is 33.0 Å². The van der Waals surface area contributed by atoms with Crippen molar-refractivity contribution in [1.82, 2.24) is 20.1 Å². The molecule has 0 unspecified atom stereocenters. The van der Waals surface area contributed by atoms with Gasteiger partial charge in [0.05, 0.1) is 5.75 Å². The number of carbonyl (C=O) groups is 1. The van der Waals surface area contributed by atoms with E-state index in [1.54, 1.807) is 0 Å². The van der Waals surface area contributed by atoms with Crippen LogP contribution in [0.25, 0.3) is 0 Å². The standard InChI is InChI=1S/C24H30N4O2S/c1-19(2)14-16-28-22(17-30-21-11-7-4-8-12-21)26-27-24(28)31-18-23(29)25-15-13-20-9-5-3-6-10-20/h3-12,19H,13-18H2,1-2H3,(H,25,29). The Bertz CT molecular complexity index is 929. The van der Waals surface area contributed by atoms with Crippen LogP contribution in [0.4, 0.5) is 0 Å². The summed E-state index contributed by atoms with van der Waals surface area (Å²) in [6.07, 6.45) is 1.83. The van der Waals surface area contributed by atoms with Gasteiger partial charge in [-0.3, -0.25) is 4.79 Å². The average molecular weight is 439 g/mol. The van der Waals surface area contributed by atoms with Gasteiger partial charge in [0, 0.05) is 13.1 Å². The SMILES string of the molecule is CC(C)CCn1c(COc2ccccc2)nnc1SCC(=O)NCCc1ccccc1. The van der Waals surface area contributed by atoms with E-state index in [1.807, 2.05) is 48.5 Å². The molecule has 0 aliphatic heterocycles. The van der Waals surface area contributed by atoms with Gasteiger partial charge in [-0.2, -0.15) is 0 Å². The number of thioether (sulfide) groups is 1. The predicted octanol–water partition coefficient (Wildman–Crippen LogP) is 4.35. The highest BCUT2D eigenvalue weighted by molar-refractivity contribution is 7.99. The number of para-hydroxylation sites is 1. The molecule has 0 saturated heterocycles. The van der Waals surface area contributed by atoms with Gasteiger partial charge in [-0.05, 0) is 36.5 Å². The summed E-state index contributed by atoms with van der Waals surface area (Å²) in [5, 5.41) is 12.4. The van der Waals surface area contributed by atoms with Crippen LogP contribution >= 0.6 is 11.8 Å². The van der Waals surface area contributed by atoms with Crippen LogP contribution in [0.15, 0.2) is 65.8 Å². The van der Waals surface area contributed by atoms with Gasteiger partial charge in [-0.15, -0.1) is 10.2 Å². The lowest BCUT2D eigenvalue weighted by Crippen LogP contribution is -2.27. The summed E-state index contributed by atoms with van der Waals surface area (Å²) in [5.74, 6) is 2.45. The fraction of sp³-hybridized carbons (Fsp3) is 0.375. The fourth-order valence-electron chi connectivity index (χ4n) is 2.98. The third-order valence-electron chi connectivity index (χ3n) is 4.75. The van der Waals surface area contributed by atoms with Crippen LogP contribution in [0.3, 0.4) is 0 Å². The summed E-state index contributed by atoms with van der Waals surface area (Å²) in [6, 6.07) is 19.8. The Morgan fingerprint density at radius 2 is 1.77 bits per heavy atom. The first-order valence-electron chi connectivity index (χ1n) is 10.6. The summed E-state index contributed by atoms with van der Waals surface area (Å²) >= 11 is 1.42. The fourth-order valence-corrected chi connectivity index (χ4v) is 3.79. The molecule has 0 fully saturated rings. The zero-order chi connectivity index (χ0) is 21.9. The van der Waals surface area contributed by atoms with E-state index in [0.717, 1.165) is 36.1 Å². The monoisotopic (exact) mass is 438 g/mol. The zero-order valence-electron chi connectivity index (χ0n) is 18.2. The quantitative estimate of drug-likeness (QED) is 0.426. The lowest BCUT2D eigenvalue weighted by Gasteiger charge is -2.12. The van der Waals surface area contributed by atoms with Gasteiger partial charge in [-0.1, -0.05) is 74.1 Å². The molecule has 0 bridgehead atoms. The molecule has 6 nitrogen and oxygen atoms in total. The van der Waals surface area contributed by atoms with Crippen molar-refractivity contribution < 1.29 is 9.53 Å². The van der Waals surface area contributed by atoms with E-state index < -0.39 is 0 Å². The number of nitrogens with zero attached hydrogens (tertiary/aromatic N) is 3. The summed E-state index contributed by atoms with van der Waals surface area (Å²) < 4.78 is 7.94. The Balaban J connectivity index is 1.53. The molecule has 0 atom stereocenters. The van der Waals surface area contributed by atoms with Crippen molar-refractivity contribution >= 4 is 17.7 Å². The van der Waals surface area contributed by atoms with Crippen LogP contribution in [-0.2, 0) is 24.4 Å². The molecule has 3 aromatic rings. The second-order valence-electron chi connectivity index (χ2n) is 7.71. The topological polar surface area (TPSA) is 69.0 Å². The molecule has 0 aliphatic rings. The van der Waals surface area contributed by atoms with E-state index in [9.17, 15) is 4.79 Å². The molecule has 0 radical (unpaired) electrons. The molecule has 1 N–H and O–H groups in total. The number of hydrogen-bond acceptors (Lipinski definition) is 5. The molecular formula is C24H30N4O2S. The first-order chi connectivity index (χ1) is 15.1. The molecule has 1 amide bonds. The second-order valence-corrected chi connectivity index (χ2v) is 8.65. The van der Waals surface area contributed by atoms with Gasteiger partial charge < -0.3 is 14.6 Å². The molecule has 1 aromatic heterocycles. The van der Waals surface area contributed by atoms with Crippen molar-refractivity contribution in [2.45, 2.75) is 45.0 Å². The molecular weight excluding hydrogens is 408 g/mol. The molecule has 0 spiro atoms. The van der Waals surface area contributed by atoms with Crippen LogP contribution in [0, 0.1) is 5.92 Å². The van der Waals surface area contributed by atoms with Gasteiger partial charge in [0.25, 0.3) is 0 Å². The normalized spacial score (nSPS) is 10.9. The highest BCUT2D eigenvalue weighted by atomic mass is 32.2. The number of aromatic nitrogens is 3. The maximum Gasteiger partial charge on any atom is 0.230 e. The van der Waals surface area contributed by atoms with Gasteiger partial charge in [0.15, 0.2) is 11.0 Å². The number of nitrogens with one attached hydrogen (secondary N) is 1. The number of benzene rings is 2. The van der Waals surface area contributed by atoms with Crippen LogP contribution < -0.4 is 10.1 Å². The highest BCUT2D eigenvalue weighted by Crippen LogP contribution is 2.20. The second kappa shape index (κ2) is 12.2. The maximum atomic E-state index is 12.3. The summed E-state index contributed by atoms with van der Waals surface area (Å²) in [6.45, 7) is 6.16. The third-order valence-corrected chi connectivity index (χ3v) is 5.71. The van der Waals surface area contributed by atoms with Gasteiger partial charge in [-0.25, -0.2) is 0 Å². The Hall–Kier alpha value is -2.80. The van der Waals surface area contributed by atoms with Crippen LogP contribution in [0.5, 0.6) is 5.75 Å². The van der Waals surface area contributed by atoms with E-state index in [2.05, 4.69) is 46.1 Å². The minimum absolute atomic E-state index is 0.00132. The Morgan fingerprint density at radius 1 is 1.06 bits per heavy atom. The summed E-state index contributed by atoms with van der Waals surface area (Å²) in [4.78, 5) is 12.3. The summed E-state index contributed by atoms with van der Waals surface area (Å²) in [5.41, 5.74) is 1.21. The van der Waals surface area contributed by atoms with Crippen LogP contribution in [0.2, 0.25) is 0 Å². The van der Waals surface area contributed by atoms with Crippen molar-refractivity contribution in [1.29, 1.82) is 0 Å². The van der Waals surface area contributed by atoms with Gasteiger partial charge >= 0.3 is 0 Å². The van der Waals surface area contributed by atoms with E-state index in [4.69, 9.17) is 4.74 Å². The van der Waals surface area contributed by atoms with E-state index in [-0.39, 0.29) is 5.91 Å². The highest BCUT2D eigenvalue weighted by Gasteiger charge is 2.15. The lowest BCUT2D eigenvalue weighted by molar-refractivity contribution is -0.118. The maximum absolute atomic E-state index is 12.3. The summed E-state index contributed by atoms with van der Waals surface area (Å²) in [7, 11) is 0. The molecule has 2 aromatic carbocycles. The van der Waals surface area contributed by atoms with Crippen molar-refractivity contribution in [3.8, 4) is 5.75 Å². The van der Waals surface area contributed by atoms with E-state index in [0.29, 0.717) is 24.8 Å². The van der Waals surface area contributed by atoms with Gasteiger partial charge in [0.1, 0.15) is 12.4 Å². The molecule has 0 saturated carbocycles. The van der Waals surface area contributed by atoms with E-state index in [1.165, 1.54) is 17.3 Å². The zero-order valence-corrected chi connectivity index (χ0v) is 19.0. The first-order valence-corrected chi connectivity index (χ1v) is 11.6. The predicted molar refractivity (Wildman–Crippen MR) is 124 cm³/mol. The minimum atomic E-state index is 0.00132. The molecule has 1 heterocycles. The molecule has 3 rings (SSSR count). The number of amides is 1. The van der Waals surface area contributed by atoms with Crippen LogP contribution in [0.1, 0.15) is 31.7 Å². The number of hydrogen-bond donors (Lipinski definition) is 1. The van der Waals surface area contributed by atoms with Crippen molar-refractivity contribution in [2.24, 2.45) is 5.92 Å².